The van der Waals surface area contributed by atoms with Gasteiger partial charge in [0.2, 0.25) is 0 Å². The fraction of sp³-hybridized carbons (Fsp3) is 0.467. The Balaban J connectivity index is 2.03. The average molecular weight is 292 g/mol. The van der Waals surface area contributed by atoms with Crippen LogP contribution in [0, 0.1) is 6.92 Å². The van der Waals surface area contributed by atoms with E-state index in [0.29, 0.717) is 18.8 Å². The van der Waals surface area contributed by atoms with Gasteiger partial charge in [-0.25, -0.2) is 9.59 Å². The molecule has 2 amide bonds. The number of nitrogens with one attached hydrogen (secondary N) is 1. The molecule has 1 saturated heterocycles. The number of hydrogen-bond donors (Lipinski definition) is 2. The van der Waals surface area contributed by atoms with E-state index in [4.69, 9.17) is 9.84 Å². The highest BCUT2D eigenvalue weighted by Gasteiger charge is 2.22. The van der Waals surface area contributed by atoms with Crippen LogP contribution in [0.5, 0.6) is 0 Å². The molecule has 21 heavy (non-hydrogen) atoms. The fourth-order valence-corrected chi connectivity index (χ4v) is 2.38. The van der Waals surface area contributed by atoms with Gasteiger partial charge in [0.05, 0.1) is 11.7 Å². The highest BCUT2D eigenvalue weighted by atomic mass is 16.5. The van der Waals surface area contributed by atoms with Crippen molar-refractivity contribution in [3.8, 4) is 0 Å². The van der Waals surface area contributed by atoms with Gasteiger partial charge in [-0.2, -0.15) is 0 Å². The van der Waals surface area contributed by atoms with E-state index >= 15 is 0 Å². The number of methoxy groups -OCH3 is 1. The van der Waals surface area contributed by atoms with Crippen LogP contribution >= 0.6 is 0 Å². The minimum absolute atomic E-state index is 0.161. The van der Waals surface area contributed by atoms with E-state index in [-0.39, 0.29) is 17.7 Å². The number of amides is 2. The molecule has 0 unspecified atom stereocenters. The molecule has 0 spiro atoms. The third-order valence-electron chi connectivity index (χ3n) is 3.79. The Kier molecular flexibility index (Phi) is 4.80. The van der Waals surface area contributed by atoms with E-state index in [1.54, 1.807) is 18.1 Å². The van der Waals surface area contributed by atoms with E-state index in [9.17, 15) is 9.59 Å². The largest absolute Gasteiger partial charge is 0.478 e. The van der Waals surface area contributed by atoms with Crippen LogP contribution in [0.25, 0.3) is 0 Å². The number of rotatable bonds is 3. The SMILES string of the molecule is COC1CCN(C(=O)Nc2cc(C(=O)O)ccc2C)CC1. The van der Waals surface area contributed by atoms with Crippen molar-refractivity contribution >= 4 is 17.7 Å². The van der Waals surface area contributed by atoms with Gasteiger partial charge >= 0.3 is 12.0 Å². The summed E-state index contributed by atoms with van der Waals surface area (Å²) in [6, 6.07) is 4.50. The van der Waals surface area contributed by atoms with E-state index in [0.717, 1.165) is 18.4 Å². The predicted molar refractivity (Wildman–Crippen MR) is 78.8 cm³/mol. The predicted octanol–water partition coefficient (Wildman–Crippen LogP) is 2.34. The van der Waals surface area contributed by atoms with Crippen molar-refractivity contribution in [3.05, 3.63) is 29.3 Å². The van der Waals surface area contributed by atoms with Crippen molar-refractivity contribution in [1.82, 2.24) is 4.90 Å². The number of urea groups is 1. The zero-order chi connectivity index (χ0) is 15.4. The molecule has 2 N–H and O–H groups in total. The van der Waals surface area contributed by atoms with E-state index in [1.165, 1.54) is 12.1 Å². The summed E-state index contributed by atoms with van der Waals surface area (Å²) in [5.41, 5.74) is 1.53. The molecule has 1 heterocycles. The number of likely N-dealkylation sites (tertiary alicyclic amines) is 1. The second kappa shape index (κ2) is 6.58. The summed E-state index contributed by atoms with van der Waals surface area (Å²) in [6.45, 7) is 3.11. The van der Waals surface area contributed by atoms with Crippen LogP contribution in [-0.4, -0.2) is 48.3 Å². The van der Waals surface area contributed by atoms with Crippen molar-refractivity contribution in [2.24, 2.45) is 0 Å². The third-order valence-corrected chi connectivity index (χ3v) is 3.79. The number of hydrogen-bond acceptors (Lipinski definition) is 3. The summed E-state index contributed by atoms with van der Waals surface area (Å²) in [5, 5.41) is 11.8. The Morgan fingerprint density at radius 1 is 1.33 bits per heavy atom. The minimum atomic E-state index is -1.01. The van der Waals surface area contributed by atoms with Gasteiger partial charge in [0.15, 0.2) is 0 Å². The lowest BCUT2D eigenvalue weighted by Crippen LogP contribution is -2.42. The quantitative estimate of drug-likeness (QED) is 0.896. The molecule has 1 aliphatic heterocycles. The number of ether oxygens (including phenoxy) is 1. The number of anilines is 1. The number of carboxylic acids is 1. The van der Waals surface area contributed by atoms with Gasteiger partial charge in [-0.3, -0.25) is 0 Å². The van der Waals surface area contributed by atoms with E-state index in [1.807, 2.05) is 6.92 Å². The smallest absolute Gasteiger partial charge is 0.335 e. The molecule has 1 fully saturated rings. The lowest BCUT2D eigenvalue weighted by atomic mass is 10.1. The zero-order valence-corrected chi connectivity index (χ0v) is 12.3. The number of benzene rings is 1. The summed E-state index contributed by atoms with van der Waals surface area (Å²) < 4.78 is 5.28. The van der Waals surface area contributed by atoms with Crippen LogP contribution in [0.2, 0.25) is 0 Å². The molecular weight excluding hydrogens is 272 g/mol. The van der Waals surface area contributed by atoms with E-state index in [2.05, 4.69) is 5.32 Å². The van der Waals surface area contributed by atoms with Crippen molar-refractivity contribution in [1.29, 1.82) is 0 Å². The lowest BCUT2D eigenvalue weighted by Gasteiger charge is -2.31. The Bertz CT molecular complexity index is 536. The first-order chi connectivity index (χ1) is 10.0. The Morgan fingerprint density at radius 3 is 2.57 bits per heavy atom. The fourth-order valence-electron chi connectivity index (χ4n) is 2.38. The monoisotopic (exact) mass is 292 g/mol. The summed E-state index contributed by atoms with van der Waals surface area (Å²) >= 11 is 0. The Labute approximate surface area is 123 Å². The second-order valence-electron chi connectivity index (χ2n) is 5.19. The van der Waals surface area contributed by atoms with Crippen LogP contribution in [0.4, 0.5) is 10.5 Å². The number of carbonyl (C=O) groups is 2. The van der Waals surface area contributed by atoms with Gasteiger partial charge in [-0.05, 0) is 37.5 Å². The zero-order valence-electron chi connectivity index (χ0n) is 12.3. The molecule has 2 rings (SSSR count). The number of nitrogens with zero attached hydrogens (tertiary/aromatic N) is 1. The van der Waals surface area contributed by atoms with Gasteiger partial charge in [-0.15, -0.1) is 0 Å². The maximum atomic E-state index is 12.2. The van der Waals surface area contributed by atoms with Crippen molar-refractivity contribution in [2.75, 3.05) is 25.5 Å². The normalized spacial score (nSPS) is 15.8. The van der Waals surface area contributed by atoms with Gasteiger partial charge in [0.1, 0.15) is 0 Å². The minimum Gasteiger partial charge on any atom is -0.478 e. The molecule has 0 bridgehead atoms. The second-order valence-corrected chi connectivity index (χ2v) is 5.19. The molecule has 6 nitrogen and oxygen atoms in total. The Hall–Kier alpha value is -2.08. The standard InChI is InChI=1S/C15H20N2O4/c1-10-3-4-11(14(18)19)9-13(10)16-15(20)17-7-5-12(21-2)6-8-17/h3-4,9,12H,5-8H2,1-2H3,(H,16,20)(H,18,19). The van der Waals surface area contributed by atoms with Crippen molar-refractivity contribution in [3.63, 3.8) is 0 Å². The summed E-state index contributed by atoms with van der Waals surface area (Å²) in [6.07, 6.45) is 1.85. The lowest BCUT2D eigenvalue weighted by molar-refractivity contribution is 0.0521. The van der Waals surface area contributed by atoms with Gasteiger partial charge in [-0.1, -0.05) is 6.07 Å². The molecule has 1 aromatic carbocycles. The molecule has 6 heteroatoms. The molecular formula is C15H20N2O4. The first-order valence-electron chi connectivity index (χ1n) is 6.94. The van der Waals surface area contributed by atoms with Gasteiger partial charge in [0.25, 0.3) is 0 Å². The van der Waals surface area contributed by atoms with Crippen LogP contribution in [0.3, 0.4) is 0 Å². The number of aromatic carboxylic acids is 1. The molecule has 0 radical (unpaired) electrons. The topological polar surface area (TPSA) is 78.9 Å². The van der Waals surface area contributed by atoms with Gasteiger partial charge in [0, 0.05) is 25.9 Å². The third kappa shape index (κ3) is 3.72. The number of carbonyl (C=O) groups excluding carboxylic acids is 1. The maximum Gasteiger partial charge on any atom is 0.335 e. The average Bonchev–Trinajstić information content (AvgIpc) is 2.49. The highest BCUT2D eigenvalue weighted by molar-refractivity contribution is 5.94. The molecule has 1 aromatic rings. The highest BCUT2D eigenvalue weighted by Crippen LogP contribution is 2.19. The van der Waals surface area contributed by atoms with E-state index < -0.39 is 5.97 Å². The molecule has 114 valence electrons. The molecule has 0 aliphatic carbocycles. The molecule has 1 aliphatic rings. The number of carboxylic acid groups (broad SMARTS) is 1. The summed E-state index contributed by atoms with van der Waals surface area (Å²) in [5.74, 6) is -1.01. The first kappa shape index (κ1) is 15.3. The number of piperidine rings is 1. The van der Waals surface area contributed by atoms with Crippen LogP contribution in [0.1, 0.15) is 28.8 Å². The summed E-state index contributed by atoms with van der Waals surface area (Å²) in [4.78, 5) is 24.9. The molecule has 0 atom stereocenters. The first-order valence-corrected chi connectivity index (χ1v) is 6.94. The number of aryl methyl sites for hydroxylation is 1. The molecule has 0 saturated carbocycles. The van der Waals surface area contributed by atoms with Crippen LogP contribution in [-0.2, 0) is 4.74 Å². The van der Waals surface area contributed by atoms with Crippen molar-refractivity contribution in [2.45, 2.75) is 25.9 Å². The molecule has 0 aromatic heterocycles. The van der Waals surface area contributed by atoms with Crippen LogP contribution in [0.15, 0.2) is 18.2 Å². The van der Waals surface area contributed by atoms with Crippen molar-refractivity contribution < 1.29 is 19.4 Å². The van der Waals surface area contributed by atoms with Crippen LogP contribution < -0.4 is 5.32 Å². The maximum absolute atomic E-state index is 12.2. The Morgan fingerprint density at radius 2 is 2.00 bits per heavy atom. The summed E-state index contributed by atoms with van der Waals surface area (Å²) in [7, 11) is 1.68. The van der Waals surface area contributed by atoms with Gasteiger partial charge < -0.3 is 20.1 Å².